The molecule has 0 saturated carbocycles. The molecular formula is C13H15N3. The monoisotopic (exact) mass is 213 g/mol. The fourth-order valence-electron chi connectivity index (χ4n) is 2.39. The first kappa shape index (κ1) is 9.58. The Morgan fingerprint density at radius 1 is 1.00 bits per heavy atom. The van der Waals surface area contributed by atoms with Crippen LogP contribution in [0.15, 0.2) is 24.5 Å². The van der Waals surface area contributed by atoms with Crippen molar-refractivity contribution in [3.63, 3.8) is 0 Å². The minimum Gasteiger partial charge on any atom is -0.370 e. The fourth-order valence-corrected chi connectivity index (χ4v) is 2.39. The molecule has 2 aromatic rings. The van der Waals surface area contributed by atoms with Crippen molar-refractivity contribution in [3.8, 4) is 0 Å². The average Bonchev–Trinajstić information content (AvgIpc) is 2.83. The Morgan fingerprint density at radius 2 is 1.69 bits per heavy atom. The summed E-state index contributed by atoms with van der Waals surface area (Å²) in [6.45, 7) is 4.38. The first-order chi connectivity index (χ1) is 7.86. The van der Waals surface area contributed by atoms with Crippen molar-refractivity contribution in [2.75, 3.05) is 18.0 Å². The Labute approximate surface area is 95.1 Å². The van der Waals surface area contributed by atoms with Crippen LogP contribution in [-0.2, 0) is 0 Å². The van der Waals surface area contributed by atoms with Crippen molar-refractivity contribution in [1.29, 1.82) is 0 Å². The predicted octanol–water partition coefficient (Wildman–Crippen LogP) is 2.54. The van der Waals surface area contributed by atoms with Gasteiger partial charge in [-0.15, -0.1) is 0 Å². The number of hydrogen-bond acceptors (Lipinski definition) is 3. The van der Waals surface area contributed by atoms with Gasteiger partial charge >= 0.3 is 0 Å². The molecule has 1 aliphatic heterocycles. The molecule has 3 rings (SSSR count). The second-order valence-corrected chi connectivity index (χ2v) is 4.35. The number of nitrogens with zero attached hydrogens (tertiary/aromatic N) is 3. The molecule has 0 N–H and O–H groups in total. The van der Waals surface area contributed by atoms with Crippen LogP contribution < -0.4 is 4.90 Å². The summed E-state index contributed by atoms with van der Waals surface area (Å²) in [6, 6.07) is 4.32. The molecule has 3 heteroatoms. The van der Waals surface area contributed by atoms with Gasteiger partial charge < -0.3 is 4.90 Å². The van der Waals surface area contributed by atoms with Crippen LogP contribution >= 0.6 is 0 Å². The Morgan fingerprint density at radius 3 is 2.44 bits per heavy atom. The number of rotatable bonds is 1. The Balaban J connectivity index is 2.21. The van der Waals surface area contributed by atoms with Crippen molar-refractivity contribution in [3.05, 3.63) is 30.1 Å². The number of aryl methyl sites for hydroxylation is 1. The van der Waals surface area contributed by atoms with Gasteiger partial charge in [0.1, 0.15) is 5.52 Å². The summed E-state index contributed by atoms with van der Waals surface area (Å²) in [4.78, 5) is 11.3. The highest BCUT2D eigenvalue weighted by molar-refractivity contribution is 5.90. The van der Waals surface area contributed by atoms with E-state index in [2.05, 4.69) is 33.9 Å². The first-order valence-electron chi connectivity index (χ1n) is 5.81. The second-order valence-electron chi connectivity index (χ2n) is 4.35. The highest BCUT2D eigenvalue weighted by atomic mass is 15.1. The largest absolute Gasteiger partial charge is 0.370 e. The predicted molar refractivity (Wildman–Crippen MR) is 65.7 cm³/mol. The van der Waals surface area contributed by atoms with Crippen LogP contribution in [0.5, 0.6) is 0 Å². The zero-order chi connectivity index (χ0) is 11.0. The number of aromatic nitrogens is 2. The third-order valence-corrected chi connectivity index (χ3v) is 3.25. The molecule has 82 valence electrons. The van der Waals surface area contributed by atoms with Crippen LogP contribution in [-0.4, -0.2) is 23.1 Å². The minimum atomic E-state index is 1.03. The lowest BCUT2D eigenvalue weighted by Gasteiger charge is -2.19. The topological polar surface area (TPSA) is 29.0 Å². The van der Waals surface area contributed by atoms with Crippen LogP contribution in [0.3, 0.4) is 0 Å². The standard InChI is InChI=1S/C13H15N3/c1-10-4-5-11(16-8-2-3-9-16)13-12(10)14-6-7-15-13/h4-7H,2-3,8-9H2,1H3. The molecule has 1 fully saturated rings. The van der Waals surface area contributed by atoms with E-state index < -0.39 is 0 Å². The van der Waals surface area contributed by atoms with Crippen LogP contribution in [0.25, 0.3) is 11.0 Å². The van der Waals surface area contributed by atoms with Crippen LogP contribution in [0.1, 0.15) is 18.4 Å². The molecule has 1 saturated heterocycles. The highest BCUT2D eigenvalue weighted by Gasteiger charge is 2.16. The molecule has 0 atom stereocenters. The van der Waals surface area contributed by atoms with Gasteiger partial charge in [-0.3, -0.25) is 9.97 Å². The maximum absolute atomic E-state index is 4.48. The molecule has 16 heavy (non-hydrogen) atoms. The molecule has 0 aliphatic carbocycles. The summed E-state index contributed by atoms with van der Waals surface area (Å²) >= 11 is 0. The smallest absolute Gasteiger partial charge is 0.112 e. The molecule has 0 amide bonds. The summed E-state index contributed by atoms with van der Waals surface area (Å²) in [5.41, 5.74) is 4.52. The van der Waals surface area contributed by atoms with E-state index in [0.29, 0.717) is 0 Å². The molecular weight excluding hydrogens is 198 g/mol. The normalized spacial score (nSPS) is 15.9. The molecule has 0 radical (unpaired) electrons. The van der Waals surface area contributed by atoms with Gasteiger partial charge in [-0.25, -0.2) is 0 Å². The van der Waals surface area contributed by atoms with E-state index in [0.717, 1.165) is 24.1 Å². The lowest BCUT2D eigenvalue weighted by molar-refractivity contribution is 0.949. The van der Waals surface area contributed by atoms with Gasteiger partial charge in [-0.2, -0.15) is 0 Å². The molecule has 0 bridgehead atoms. The van der Waals surface area contributed by atoms with Crippen molar-refractivity contribution in [2.45, 2.75) is 19.8 Å². The molecule has 1 aliphatic rings. The average molecular weight is 213 g/mol. The minimum absolute atomic E-state index is 1.03. The van der Waals surface area contributed by atoms with Crippen LogP contribution in [0, 0.1) is 6.92 Å². The molecule has 3 nitrogen and oxygen atoms in total. The second kappa shape index (κ2) is 3.74. The third-order valence-electron chi connectivity index (χ3n) is 3.25. The third kappa shape index (κ3) is 1.43. The summed E-state index contributed by atoms with van der Waals surface area (Å²) in [5, 5.41) is 0. The highest BCUT2D eigenvalue weighted by Crippen LogP contribution is 2.28. The van der Waals surface area contributed by atoms with Crippen molar-refractivity contribution >= 4 is 16.7 Å². The fraction of sp³-hybridized carbons (Fsp3) is 0.385. The number of benzene rings is 1. The maximum Gasteiger partial charge on any atom is 0.112 e. The van der Waals surface area contributed by atoms with E-state index in [1.807, 2.05) is 0 Å². The van der Waals surface area contributed by atoms with Gasteiger partial charge in [0, 0.05) is 25.5 Å². The zero-order valence-corrected chi connectivity index (χ0v) is 9.48. The molecule has 1 aromatic heterocycles. The molecule has 0 unspecified atom stereocenters. The molecule has 2 heterocycles. The zero-order valence-electron chi connectivity index (χ0n) is 9.48. The quantitative estimate of drug-likeness (QED) is 0.729. The number of hydrogen-bond donors (Lipinski definition) is 0. The number of fused-ring (bicyclic) bond motifs is 1. The summed E-state index contributed by atoms with van der Waals surface area (Å²) in [5.74, 6) is 0. The van der Waals surface area contributed by atoms with E-state index in [1.54, 1.807) is 12.4 Å². The SMILES string of the molecule is Cc1ccc(N2CCCC2)c2nccnc12. The lowest BCUT2D eigenvalue weighted by atomic mass is 10.1. The van der Waals surface area contributed by atoms with E-state index in [4.69, 9.17) is 0 Å². The van der Waals surface area contributed by atoms with Crippen molar-refractivity contribution in [2.24, 2.45) is 0 Å². The van der Waals surface area contributed by atoms with Crippen LogP contribution in [0.2, 0.25) is 0 Å². The molecule has 1 aromatic carbocycles. The Bertz CT molecular complexity index is 516. The van der Waals surface area contributed by atoms with E-state index in [-0.39, 0.29) is 0 Å². The molecule has 0 spiro atoms. The van der Waals surface area contributed by atoms with Crippen molar-refractivity contribution in [1.82, 2.24) is 9.97 Å². The van der Waals surface area contributed by atoms with Gasteiger partial charge in [-0.1, -0.05) is 6.07 Å². The van der Waals surface area contributed by atoms with E-state index >= 15 is 0 Å². The van der Waals surface area contributed by atoms with Crippen molar-refractivity contribution < 1.29 is 0 Å². The van der Waals surface area contributed by atoms with E-state index in [1.165, 1.54) is 24.1 Å². The lowest BCUT2D eigenvalue weighted by Crippen LogP contribution is -2.18. The van der Waals surface area contributed by atoms with Gasteiger partial charge in [0.05, 0.1) is 11.2 Å². The van der Waals surface area contributed by atoms with Gasteiger partial charge in [0.15, 0.2) is 0 Å². The van der Waals surface area contributed by atoms with Crippen LogP contribution in [0.4, 0.5) is 5.69 Å². The summed E-state index contributed by atoms with van der Waals surface area (Å²) in [7, 11) is 0. The van der Waals surface area contributed by atoms with Gasteiger partial charge in [0.2, 0.25) is 0 Å². The summed E-state index contributed by atoms with van der Waals surface area (Å²) < 4.78 is 0. The van der Waals surface area contributed by atoms with Gasteiger partial charge in [-0.05, 0) is 31.4 Å². The number of anilines is 1. The van der Waals surface area contributed by atoms with Gasteiger partial charge in [0.25, 0.3) is 0 Å². The summed E-state index contributed by atoms with van der Waals surface area (Å²) in [6.07, 6.45) is 6.12. The maximum atomic E-state index is 4.48. The van der Waals surface area contributed by atoms with E-state index in [9.17, 15) is 0 Å². The first-order valence-corrected chi connectivity index (χ1v) is 5.81. The Kier molecular flexibility index (Phi) is 2.24. The Hall–Kier alpha value is -1.64.